The fourth-order valence-corrected chi connectivity index (χ4v) is 2.27. The molecule has 1 aromatic heterocycles. The standard InChI is InChI=1S/C16H16N4O2/c17-19-16(21)10-20-14-9-5-4-8-13(14)18-15(20)11-22-12-6-2-1-3-7-12/h1-9H,10-11,17H2,(H,19,21). The van der Waals surface area contributed by atoms with Crippen LogP contribution < -0.4 is 16.0 Å². The predicted molar refractivity (Wildman–Crippen MR) is 82.8 cm³/mol. The van der Waals surface area contributed by atoms with Crippen molar-refractivity contribution in [1.29, 1.82) is 0 Å². The fourth-order valence-electron chi connectivity index (χ4n) is 2.27. The zero-order valence-electron chi connectivity index (χ0n) is 11.9. The van der Waals surface area contributed by atoms with E-state index >= 15 is 0 Å². The van der Waals surface area contributed by atoms with Gasteiger partial charge in [0.2, 0.25) is 0 Å². The summed E-state index contributed by atoms with van der Waals surface area (Å²) in [7, 11) is 0. The summed E-state index contributed by atoms with van der Waals surface area (Å²) in [4.78, 5) is 16.2. The van der Waals surface area contributed by atoms with E-state index in [1.54, 1.807) is 4.57 Å². The number of fused-ring (bicyclic) bond motifs is 1. The third-order valence-electron chi connectivity index (χ3n) is 3.31. The minimum atomic E-state index is -0.288. The Labute approximate surface area is 127 Å². The maximum Gasteiger partial charge on any atom is 0.253 e. The highest BCUT2D eigenvalue weighted by molar-refractivity contribution is 5.80. The molecule has 1 heterocycles. The largest absolute Gasteiger partial charge is 0.486 e. The quantitative estimate of drug-likeness (QED) is 0.426. The van der Waals surface area contributed by atoms with Crippen LogP contribution in [-0.2, 0) is 17.9 Å². The molecule has 0 spiro atoms. The number of imidazole rings is 1. The van der Waals surface area contributed by atoms with Gasteiger partial charge in [0, 0.05) is 0 Å². The highest BCUT2D eigenvalue weighted by Crippen LogP contribution is 2.18. The summed E-state index contributed by atoms with van der Waals surface area (Å²) in [6.07, 6.45) is 0. The van der Waals surface area contributed by atoms with Gasteiger partial charge in [0.05, 0.1) is 11.0 Å². The third-order valence-corrected chi connectivity index (χ3v) is 3.31. The molecule has 0 bridgehead atoms. The lowest BCUT2D eigenvalue weighted by Crippen LogP contribution is -2.33. The molecule has 1 amide bonds. The molecule has 0 atom stereocenters. The summed E-state index contributed by atoms with van der Waals surface area (Å²) in [5.41, 5.74) is 3.83. The number of hydrazine groups is 1. The van der Waals surface area contributed by atoms with E-state index in [0.29, 0.717) is 5.82 Å². The first-order valence-corrected chi connectivity index (χ1v) is 6.89. The first-order valence-electron chi connectivity index (χ1n) is 6.89. The Hall–Kier alpha value is -2.86. The Morgan fingerprint density at radius 1 is 1.14 bits per heavy atom. The SMILES string of the molecule is NNC(=O)Cn1c(COc2ccccc2)nc2ccccc21. The summed E-state index contributed by atoms with van der Waals surface area (Å²) in [6.45, 7) is 0.376. The maximum absolute atomic E-state index is 11.6. The van der Waals surface area contributed by atoms with Gasteiger partial charge in [-0.15, -0.1) is 0 Å². The Morgan fingerprint density at radius 3 is 2.64 bits per heavy atom. The average Bonchev–Trinajstić information content (AvgIpc) is 2.91. The van der Waals surface area contributed by atoms with Crippen LogP contribution in [0.1, 0.15) is 5.82 Å². The molecular formula is C16H16N4O2. The lowest BCUT2D eigenvalue weighted by molar-refractivity contribution is -0.121. The van der Waals surface area contributed by atoms with Gasteiger partial charge < -0.3 is 9.30 Å². The molecule has 0 aliphatic rings. The molecule has 3 rings (SSSR count). The van der Waals surface area contributed by atoms with E-state index in [4.69, 9.17) is 10.6 Å². The van der Waals surface area contributed by atoms with Gasteiger partial charge in [0.25, 0.3) is 5.91 Å². The third kappa shape index (κ3) is 2.91. The zero-order valence-corrected chi connectivity index (χ0v) is 11.9. The van der Waals surface area contributed by atoms with Crippen LogP contribution in [-0.4, -0.2) is 15.5 Å². The monoisotopic (exact) mass is 296 g/mol. The minimum absolute atomic E-state index is 0.102. The smallest absolute Gasteiger partial charge is 0.253 e. The van der Waals surface area contributed by atoms with E-state index in [9.17, 15) is 4.79 Å². The molecule has 0 radical (unpaired) electrons. The van der Waals surface area contributed by atoms with Crippen molar-refractivity contribution in [2.24, 2.45) is 5.84 Å². The normalized spacial score (nSPS) is 10.6. The number of para-hydroxylation sites is 3. The van der Waals surface area contributed by atoms with Crippen molar-refractivity contribution in [1.82, 2.24) is 15.0 Å². The molecule has 0 saturated heterocycles. The predicted octanol–water partition coefficient (Wildman–Crippen LogP) is 1.61. The molecule has 22 heavy (non-hydrogen) atoms. The van der Waals surface area contributed by atoms with Gasteiger partial charge >= 0.3 is 0 Å². The lowest BCUT2D eigenvalue weighted by atomic mass is 10.3. The van der Waals surface area contributed by atoms with Gasteiger partial charge in [-0.05, 0) is 24.3 Å². The topological polar surface area (TPSA) is 82.2 Å². The number of benzene rings is 2. The molecule has 6 heteroatoms. The van der Waals surface area contributed by atoms with Gasteiger partial charge in [-0.3, -0.25) is 10.2 Å². The number of carbonyl (C=O) groups is 1. The number of hydrogen-bond donors (Lipinski definition) is 2. The minimum Gasteiger partial charge on any atom is -0.486 e. The molecule has 6 nitrogen and oxygen atoms in total. The highest BCUT2D eigenvalue weighted by atomic mass is 16.5. The molecule has 3 N–H and O–H groups in total. The number of nitrogens with zero attached hydrogens (tertiary/aromatic N) is 2. The Kier molecular flexibility index (Phi) is 4.02. The van der Waals surface area contributed by atoms with E-state index in [2.05, 4.69) is 10.4 Å². The average molecular weight is 296 g/mol. The first-order chi connectivity index (χ1) is 10.8. The van der Waals surface area contributed by atoms with Crippen LogP contribution in [0.2, 0.25) is 0 Å². The molecule has 0 saturated carbocycles. The number of aromatic nitrogens is 2. The number of nitrogens with two attached hydrogens (primary N) is 1. The molecule has 0 fully saturated rings. The zero-order chi connectivity index (χ0) is 15.4. The van der Waals surface area contributed by atoms with Crippen molar-refractivity contribution in [3.8, 4) is 5.75 Å². The molecule has 0 aliphatic carbocycles. The van der Waals surface area contributed by atoms with Crippen LogP contribution in [0, 0.1) is 0 Å². The van der Waals surface area contributed by atoms with Gasteiger partial charge in [0.1, 0.15) is 24.7 Å². The summed E-state index contributed by atoms with van der Waals surface area (Å²) in [6, 6.07) is 17.1. The van der Waals surface area contributed by atoms with Crippen molar-refractivity contribution in [2.45, 2.75) is 13.2 Å². The van der Waals surface area contributed by atoms with Crippen LogP contribution in [0.15, 0.2) is 54.6 Å². The van der Waals surface area contributed by atoms with E-state index in [1.165, 1.54) is 0 Å². The fraction of sp³-hybridized carbons (Fsp3) is 0.125. The number of ether oxygens (including phenoxy) is 1. The van der Waals surface area contributed by atoms with Crippen molar-refractivity contribution >= 4 is 16.9 Å². The molecule has 112 valence electrons. The van der Waals surface area contributed by atoms with E-state index in [1.807, 2.05) is 54.6 Å². The van der Waals surface area contributed by atoms with E-state index in [-0.39, 0.29) is 19.1 Å². The van der Waals surface area contributed by atoms with Gasteiger partial charge in [-0.25, -0.2) is 10.8 Å². The van der Waals surface area contributed by atoms with Crippen molar-refractivity contribution in [2.75, 3.05) is 0 Å². The lowest BCUT2D eigenvalue weighted by Gasteiger charge is -2.09. The van der Waals surface area contributed by atoms with E-state index < -0.39 is 0 Å². The molecule has 2 aromatic carbocycles. The molecular weight excluding hydrogens is 280 g/mol. The second-order valence-corrected chi connectivity index (χ2v) is 4.77. The maximum atomic E-state index is 11.6. The number of carbonyl (C=O) groups excluding carboxylic acids is 1. The summed E-state index contributed by atoms with van der Waals surface area (Å²) >= 11 is 0. The Balaban J connectivity index is 1.90. The summed E-state index contributed by atoms with van der Waals surface area (Å²) in [5.74, 6) is 6.32. The van der Waals surface area contributed by atoms with E-state index in [0.717, 1.165) is 16.8 Å². The number of nitrogens with one attached hydrogen (secondary N) is 1. The van der Waals surface area contributed by atoms with Crippen LogP contribution in [0.25, 0.3) is 11.0 Å². The second kappa shape index (κ2) is 6.28. The van der Waals surface area contributed by atoms with Crippen molar-refractivity contribution in [3.63, 3.8) is 0 Å². The Bertz CT molecular complexity index is 783. The van der Waals surface area contributed by atoms with Gasteiger partial charge in [0.15, 0.2) is 0 Å². The van der Waals surface area contributed by atoms with Gasteiger partial charge in [-0.1, -0.05) is 30.3 Å². The molecule has 0 aliphatic heterocycles. The second-order valence-electron chi connectivity index (χ2n) is 4.77. The summed E-state index contributed by atoms with van der Waals surface area (Å²) < 4.78 is 7.54. The summed E-state index contributed by atoms with van der Waals surface area (Å²) in [5, 5.41) is 0. The first kappa shape index (κ1) is 14.1. The number of rotatable bonds is 5. The van der Waals surface area contributed by atoms with Crippen molar-refractivity contribution in [3.05, 3.63) is 60.4 Å². The van der Waals surface area contributed by atoms with Crippen molar-refractivity contribution < 1.29 is 9.53 Å². The van der Waals surface area contributed by atoms with Crippen LogP contribution in [0.5, 0.6) is 5.75 Å². The Morgan fingerprint density at radius 2 is 1.86 bits per heavy atom. The highest BCUT2D eigenvalue weighted by Gasteiger charge is 2.13. The van der Waals surface area contributed by atoms with Gasteiger partial charge in [-0.2, -0.15) is 0 Å². The number of amides is 1. The molecule has 0 unspecified atom stereocenters. The molecule has 3 aromatic rings. The van der Waals surface area contributed by atoms with Crippen LogP contribution in [0.3, 0.4) is 0 Å². The number of hydrogen-bond acceptors (Lipinski definition) is 4. The van der Waals surface area contributed by atoms with Crippen LogP contribution in [0.4, 0.5) is 0 Å². The van der Waals surface area contributed by atoms with Crippen LogP contribution >= 0.6 is 0 Å².